The molecule has 1 saturated carbocycles. The van der Waals surface area contributed by atoms with Crippen molar-refractivity contribution in [1.82, 2.24) is 15.2 Å². The lowest BCUT2D eigenvalue weighted by molar-refractivity contribution is -0.870. The van der Waals surface area contributed by atoms with Gasteiger partial charge in [0.05, 0.1) is 40.0 Å². The lowest BCUT2D eigenvalue weighted by Gasteiger charge is -2.23. The number of nitrogens with zero attached hydrogens (tertiary/aromatic N) is 4. The van der Waals surface area contributed by atoms with E-state index in [9.17, 15) is 9.18 Å². The molecule has 0 atom stereocenters. The van der Waals surface area contributed by atoms with Gasteiger partial charge in [0.1, 0.15) is 17.3 Å². The van der Waals surface area contributed by atoms with Gasteiger partial charge < -0.3 is 19.9 Å². The third kappa shape index (κ3) is 7.10. The molecule has 0 radical (unpaired) electrons. The van der Waals surface area contributed by atoms with Crippen LogP contribution in [0.4, 0.5) is 21.6 Å². The first-order chi connectivity index (χ1) is 16.7. The maximum Gasteiger partial charge on any atom is 0.257 e. The summed E-state index contributed by atoms with van der Waals surface area (Å²) in [7, 11) is 6.35. The fourth-order valence-corrected chi connectivity index (χ4v) is 3.59. The molecule has 4 rings (SSSR count). The van der Waals surface area contributed by atoms with E-state index in [4.69, 9.17) is 16.3 Å². The molecule has 1 amide bonds. The van der Waals surface area contributed by atoms with Gasteiger partial charge in [0.2, 0.25) is 5.91 Å². The number of carbonyl (C=O) groups is 1. The SMILES string of the molecule is C[N+](C)(C)CCCOc1nnc(-c2cc(Cl)ccc2F)cc1Nc1ccnc(NC(=O)C2CC2)c1. The Balaban J connectivity index is 1.59. The van der Waals surface area contributed by atoms with Crippen molar-refractivity contribution in [1.29, 1.82) is 0 Å². The number of hydrogen-bond acceptors (Lipinski definition) is 6. The molecule has 0 bridgehead atoms. The standard InChI is InChI=1S/C25H28ClFN6O2/c1-33(2,3)11-4-12-35-25-22(15-21(31-32-25)19-13-17(26)7-8-20(19)27)29-18-9-10-28-23(14-18)30-24(34)16-5-6-16/h7-10,13-16H,4-6,11-12H2,1-3H3,(H-,28,29,30,31,34)/p+1. The Labute approximate surface area is 209 Å². The van der Waals surface area contributed by atoms with Crippen molar-refractivity contribution in [3.63, 3.8) is 0 Å². The highest BCUT2D eigenvalue weighted by atomic mass is 35.5. The molecule has 35 heavy (non-hydrogen) atoms. The van der Waals surface area contributed by atoms with E-state index in [1.165, 1.54) is 18.2 Å². The Hall–Kier alpha value is -3.30. The molecule has 2 N–H and O–H groups in total. The minimum Gasteiger partial charge on any atom is -0.475 e. The molecule has 0 unspecified atom stereocenters. The van der Waals surface area contributed by atoms with Crippen molar-refractivity contribution in [3.8, 4) is 17.1 Å². The van der Waals surface area contributed by atoms with E-state index < -0.39 is 5.82 Å². The summed E-state index contributed by atoms with van der Waals surface area (Å²) < 4.78 is 21.2. The summed E-state index contributed by atoms with van der Waals surface area (Å²) in [5, 5.41) is 14.9. The van der Waals surface area contributed by atoms with Crippen LogP contribution in [0.5, 0.6) is 5.88 Å². The van der Waals surface area contributed by atoms with Gasteiger partial charge in [0.15, 0.2) is 0 Å². The van der Waals surface area contributed by atoms with E-state index in [2.05, 4.69) is 47.0 Å². The Bertz CT molecular complexity index is 1210. The van der Waals surface area contributed by atoms with E-state index >= 15 is 0 Å². The Morgan fingerprint density at radius 1 is 1.17 bits per heavy atom. The van der Waals surface area contributed by atoms with Gasteiger partial charge in [-0.15, -0.1) is 10.2 Å². The molecule has 1 aliphatic carbocycles. The van der Waals surface area contributed by atoms with Gasteiger partial charge in [-0.25, -0.2) is 9.37 Å². The maximum atomic E-state index is 14.5. The number of hydrogen-bond donors (Lipinski definition) is 2. The van der Waals surface area contributed by atoms with E-state index in [0.29, 0.717) is 34.5 Å². The average molecular weight is 500 g/mol. The van der Waals surface area contributed by atoms with Crippen LogP contribution in [0.15, 0.2) is 42.6 Å². The minimum atomic E-state index is -0.458. The van der Waals surface area contributed by atoms with Gasteiger partial charge in [-0.3, -0.25) is 4.79 Å². The molecule has 2 heterocycles. The third-order valence-corrected chi connectivity index (χ3v) is 5.65. The molecule has 2 aromatic heterocycles. The largest absolute Gasteiger partial charge is 0.475 e. The van der Waals surface area contributed by atoms with Gasteiger partial charge in [0.25, 0.3) is 5.88 Å². The van der Waals surface area contributed by atoms with Crippen molar-refractivity contribution < 1.29 is 18.4 Å². The van der Waals surface area contributed by atoms with Crippen LogP contribution in [0.3, 0.4) is 0 Å². The highest BCUT2D eigenvalue weighted by molar-refractivity contribution is 6.30. The second-order valence-electron chi connectivity index (χ2n) is 9.61. The molecule has 8 nitrogen and oxygen atoms in total. The zero-order valence-electron chi connectivity index (χ0n) is 20.0. The van der Waals surface area contributed by atoms with E-state index in [0.717, 1.165) is 30.3 Å². The van der Waals surface area contributed by atoms with Crippen LogP contribution in [0, 0.1) is 11.7 Å². The smallest absolute Gasteiger partial charge is 0.257 e. The van der Waals surface area contributed by atoms with Gasteiger partial charge in [-0.05, 0) is 43.2 Å². The first-order valence-electron chi connectivity index (χ1n) is 11.5. The van der Waals surface area contributed by atoms with E-state index in [1.807, 2.05) is 0 Å². The average Bonchev–Trinajstić information content (AvgIpc) is 3.64. The highest BCUT2D eigenvalue weighted by Gasteiger charge is 2.29. The van der Waals surface area contributed by atoms with Gasteiger partial charge in [-0.1, -0.05) is 11.6 Å². The summed E-state index contributed by atoms with van der Waals surface area (Å²) in [5.74, 6) is 0.318. The molecule has 1 aromatic carbocycles. The van der Waals surface area contributed by atoms with Crippen molar-refractivity contribution >= 4 is 34.7 Å². The van der Waals surface area contributed by atoms with Crippen molar-refractivity contribution in [2.45, 2.75) is 19.3 Å². The molecule has 3 aromatic rings. The van der Waals surface area contributed by atoms with Gasteiger partial charge >= 0.3 is 0 Å². The summed E-state index contributed by atoms with van der Waals surface area (Å²) in [5.41, 5.74) is 1.71. The van der Waals surface area contributed by atoms with Crippen LogP contribution in [0.2, 0.25) is 5.02 Å². The molecule has 0 aliphatic heterocycles. The predicted molar refractivity (Wildman–Crippen MR) is 134 cm³/mol. The number of amides is 1. The number of benzene rings is 1. The Morgan fingerprint density at radius 2 is 1.97 bits per heavy atom. The summed E-state index contributed by atoms with van der Waals surface area (Å²) in [6.07, 6.45) is 4.23. The summed E-state index contributed by atoms with van der Waals surface area (Å²) in [6.45, 7) is 1.37. The lowest BCUT2D eigenvalue weighted by atomic mass is 10.1. The summed E-state index contributed by atoms with van der Waals surface area (Å²) in [6, 6.07) is 9.42. The number of ether oxygens (including phenoxy) is 1. The molecular formula is C25H29ClFN6O2+. The topological polar surface area (TPSA) is 89.0 Å². The molecule has 0 spiro atoms. The molecule has 10 heteroatoms. The monoisotopic (exact) mass is 499 g/mol. The number of rotatable bonds is 10. The number of carbonyl (C=O) groups excluding carboxylic acids is 1. The van der Waals surface area contributed by atoms with Crippen LogP contribution >= 0.6 is 11.6 Å². The quantitative estimate of drug-likeness (QED) is 0.305. The lowest BCUT2D eigenvalue weighted by Crippen LogP contribution is -2.36. The maximum absolute atomic E-state index is 14.5. The number of pyridine rings is 1. The Kier molecular flexibility index (Phi) is 7.47. The van der Waals surface area contributed by atoms with E-state index in [1.54, 1.807) is 24.4 Å². The van der Waals surface area contributed by atoms with Crippen molar-refractivity contribution in [2.75, 3.05) is 44.9 Å². The molecule has 1 aliphatic rings. The first kappa shape index (κ1) is 24.8. The van der Waals surface area contributed by atoms with Crippen molar-refractivity contribution in [3.05, 3.63) is 53.4 Å². The number of nitrogens with one attached hydrogen (secondary N) is 2. The highest BCUT2D eigenvalue weighted by Crippen LogP contribution is 2.33. The van der Waals surface area contributed by atoms with Crippen molar-refractivity contribution in [2.24, 2.45) is 5.92 Å². The summed E-state index contributed by atoms with van der Waals surface area (Å²) in [4.78, 5) is 16.3. The fraction of sp³-hybridized carbons (Fsp3) is 0.360. The van der Waals surface area contributed by atoms with Crippen LogP contribution in [-0.4, -0.2) is 59.9 Å². The number of aromatic nitrogens is 3. The zero-order chi connectivity index (χ0) is 25.0. The molecular weight excluding hydrogens is 471 g/mol. The zero-order valence-corrected chi connectivity index (χ0v) is 20.8. The fourth-order valence-electron chi connectivity index (χ4n) is 3.42. The van der Waals surface area contributed by atoms with Gasteiger partial charge in [0, 0.05) is 40.9 Å². The number of anilines is 3. The second kappa shape index (κ2) is 10.5. The first-order valence-corrected chi connectivity index (χ1v) is 11.9. The van der Waals surface area contributed by atoms with Crippen LogP contribution < -0.4 is 15.4 Å². The van der Waals surface area contributed by atoms with Crippen LogP contribution in [0.25, 0.3) is 11.3 Å². The number of quaternary nitrogens is 1. The number of halogens is 2. The van der Waals surface area contributed by atoms with Crippen LogP contribution in [0.1, 0.15) is 19.3 Å². The molecule has 184 valence electrons. The normalized spacial score (nSPS) is 13.4. The minimum absolute atomic E-state index is 0.0276. The predicted octanol–water partition coefficient (Wildman–Crippen LogP) is 4.90. The van der Waals surface area contributed by atoms with E-state index in [-0.39, 0.29) is 23.3 Å². The third-order valence-electron chi connectivity index (χ3n) is 5.41. The molecule has 0 saturated heterocycles. The van der Waals surface area contributed by atoms with Gasteiger partial charge in [-0.2, -0.15) is 0 Å². The second-order valence-corrected chi connectivity index (χ2v) is 10.0. The Morgan fingerprint density at radius 3 is 2.71 bits per heavy atom. The summed E-state index contributed by atoms with van der Waals surface area (Å²) >= 11 is 6.08. The van der Waals surface area contributed by atoms with Crippen LogP contribution in [-0.2, 0) is 4.79 Å². The molecule has 1 fully saturated rings.